The molecule has 0 radical (unpaired) electrons. The number of allylic oxidation sites excluding steroid dienone is 2. The van der Waals surface area contributed by atoms with E-state index in [2.05, 4.69) is 5.32 Å². The van der Waals surface area contributed by atoms with Gasteiger partial charge >= 0.3 is 0 Å². The number of anilines is 1. The minimum absolute atomic E-state index is 0. The molecule has 1 aliphatic carbocycles. The largest absolute Gasteiger partial charge is 0.489 e. The first kappa shape index (κ1) is 26.2. The van der Waals surface area contributed by atoms with E-state index in [1.165, 1.54) is 4.90 Å². The van der Waals surface area contributed by atoms with Crippen LogP contribution in [0.2, 0.25) is 0 Å². The number of fused-ring (bicyclic) bond motifs is 1. The zero-order valence-corrected chi connectivity index (χ0v) is 20.1. The van der Waals surface area contributed by atoms with Crippen molar-refractivity contribution in [1.29, 1.82) is 0 Å². The van der Waals surface area contributed by atoms with Crippen molar-refractivity contribution >= 4 is 29.9 Å². The maximum atomic E-state index is 12.6. The summed E-state index contributed by atoms with van der Waals surface area (Å²) in [6, 6.07) is 7.90. The zero-order chi connectivity index (χ0) is 22.2. The lowest BCUT2D eigenvalue weighted by molar-refractivity contribution is -0.154. The Kier molecular flexibility index (Phi) is 10.5. The normalized spacial score (nSPS) is 20.0. The number of likely N-dealkylation sites (tertiary alicyclic amines) is 1. The van der Waals surface area contributed by atoms with Gasteiger partial charge < -0.3 is 10.1 Å². The molecular formula is C24H36ClN3O4. The molecule has 0 aromatic heterocycles. The Bertz CT molecular complexity index is 760. The Hall–Kier alpha value is -2.09. The van der Waals surface area contributed by atoms with Crippen LogP contribution in [0, 0.1) is 11.8 Å². The molecule has 3 rings (SSSR count). The summed E-state index contributed by atoms with van der Waals surface area (Å²) in [5.74, 6) is 0.509. The maximum absolute atomic E-state index is 12.6. The summed E-state index contributed by atoms with van der Waals surface area (Å²) in [7, 11) is 0. The molecule has 1 fully saturated rings. The zero-order valence-electron chi connectivity index (χ0n) is 19.3. The Labute approximate surface area is 197 Å². The number of imide groups is 1. The molecule has 8 heteroatoms. The first-order valence-electron chi connectivity index (χ1n) is 11.4. The monoisotopic (exact) mass is 465 g/mol. The Balaban J connectivity index is 0.00000363. The topological polar surface area (TPSA) is 71.1 Å². The van der Waals surface area contributed by atoms with Crippen LogP contribution >= 0.6 is 12.4 Å². The quantitative estimate of drug-likeness (QED) is 0.287. The SMILES string of the molecule is CCON(CCCN1C(=O)C2CC=CCC2C1=O)CCNc1ccccc1OC(C)C.Cl. The van der Waals surface area contributed by atoms with Crippen LogP contribution in [-0.2, 0) is 14.4 Å². The summed E-state index contributed by atoms with van der Waals surface area (Å²) < 4.78 is 5.85. The van der Waals surface area contributed by atoms with Gasteiger partial charge in [0.15, 0.2) is 0 Å². The Morgan fingerprint density at radius 2 is 1.75 bits per heavy atom. The maximum Gasteiger partial charge on any atom is 0.233 e. The van der Waals surface area contributed by atoms with E-state index in [0.717, 1.165) is 11.4 Å². The number of carbonyl (C=O) groups is 2. The summed E-state index contributed by atoms with van der Waals surface area (Å²) in [6.07, 6.45) is 6.21. The number of hydrogen-bond acceptors (Lipinski definition) is 6. The third-order valence-corrected chi connectivity index (χ3v) is 5.63. The molecule has 1 saturated heterocycles. The predicted octanol–water partition coefficient (Wildman–Crippen LogP) is 3.90. The lowest BCUT2D eigenvalue weighted by atomic mass is 9.85. The molecule has 2 amide bonds. The molecule has 7 nitrogen and oxygen atoms in total. The summed E-state index contributed by atoms with van der Waals surface area (Å²) in [6.45, 7) is 9.03. The molecule has 1 aliphatic heterocycles. The summed E-state index contributed by atoms with van der Waals surface area (Å²) in [4.78, 5) is 32.4. The first-order chi connectivity index (χ1) is 15.0. The van der Waals surface area contributed by atoms with E-state index in [1.807, 2.05) is 62.3 Å². The molecule has 32 heavy (non-hydrogen) atoms. The Morgan fingerprint density at radius 3 is 2.38 bits per heavy atom. The number of hydrogen-bond donors (Lipinski definition) is 1. The number of benzene rings is 1. The molecule has 178 valence electrons. The molecule has 1 heterocycles. The summed E-state index contributed by atoms with van der Waals surface area (Å²) in [5, 5.41) is 5.32. The standard InChI is InChI=1S/C24H35N3O4.ClH/c1-4-30-26(17-14-25-21-12-7-8-13-22(21)31-18(2)3)15-9-16-27-23(28)19-10-5-6-11-20(19)24(27)29;/h5-8,12-13,18-20,25H,4,9-11,14-17H2,1-3H3;1H. The van der Waals surface area contributed by atoms with Gasteiger partial charge in [-0.05, 0) is 52.2 Å². The van der Waals surface area contributed by atoms with Crippen molar-refractivity contribution in [1.82, 2.24) is 9.96 Å². The van der Waals surface area contributed by atoms with Crippen molar-refractivity contribution in [3.05, 3.63) is 36.4 Å². The van der Waals surface area contributed by atoms with E-state index in [9.17, 15) is 9.59 Å². The average Bonchev–Trinajstić information content (AvgIpc) is 2.99. The second-order valence-electron chi connectivity index (χ2n) is 8.27. The van der Waals surface area contributed by atoms with Crippen molar-refractivity contribution in [2.24, 2.45) is 11.8 Å². The predicted molar refractivity (Wildman–Crippen MR) is 128 cm³/mol. The second-order valence-corrected chi connectivity index (χ2v) is 8.27. The van der Waals surface area contributed by atoms with Gasteiger partial charge in [0.25, 0.3) is 0 Å². The summed E-state index contributed by atoms with van der Waals surface area (Å²) >= 11 is 0. The number of para-hydroxylation sites is 2. The third kappa shape index (κ3) is 6.70. The van der Waals surface area contributed by atoms with Crippen LogP contribution in [0.3, 0.4) is 0 Å². The highest BCUT2D eigenvalue weighted by molar-refractivity contribution is 6.05. The van der Waals surface area contributed by atoms with E-state index in [4.69, 9.17) is 9.57 Å². The smallest absolute Gasteiger partial charge is 0.233 e. The lowest BCUT2D eigenvalue weighted by Crippen LogP contribution is -2.36. The van der Waals surface area contributed by atoms with E-state index in [0.29, 0.717) is 52.0 Å². The minimum Gasteiger partial charge on any atom is -0.489 e. The van der Waals surface area contributed by atoms with Crippen molar-refractivity contribution in [2.75, 3.05) is 38.1 Å². The van der Waals surface area contributed by atoms with Crippen molar-refractivity contribution in [2.45, 2.75) is 46.1 Å². The highest BCUT2D eigenvalue weighted by atomic mass is 35.5. The fourth-order valence-electron chi connectivity index (χ4n) is 4.20. The number of nitrogens with one attached hydrogen (secondary N) is 1. The van der Waals surface area contributed by atoms with Gasteiger partial charge in [-0.3, -0.25) is 19.3 Å². The number of nitrogens with zero attached hydrogens (tertiary/aromatic N) is 2. The van der Waals surface area contributed by atoms with E-state index < -0.39 is 0 Å². The molecule has 0 bridgehead atoms. The van der Waals surface area contributed by atoms with Gasteiger partial charge in [-0.25, -0.2) is 0 Å². The van der Waals surface area contributed by atoms with Crippen LogP contribution in [0.25, 0.3) is 0 Å². The van der Waals surface area contributed by atoms with Gasteiger partial charge in [-0.2, -0.15) is 5.06 Å². The highest BCUT2D eigenvalue weighted by Gasteiger charge is 2.46. The van der Waals surface area contributed by atoms with Gasteiger partial charge in [-0.15, -0.1) is 12.4 Å². The first-order valence-corrected chi connectivity index (χ1v) is 11.4. The highest BCUT2D eigenvalue weighted by Crippen LogP contribution is 2.35. The summed E-state index contributed by atoms with van der Waals surface area (Å²) in [5.41, 5.74) is 0.956. The van der Waals surface area contributed by atoms with Crippen LogP contribution in [-0.4, -0.2) is 60.7 Å². The van der Waals surface area contributed by atoms with Crippen LogP contribution in [0.15, 0.2) is 36.4 Å². The van der Waals surface area contributed by atoms with Crippen molar-refractivity contribution in [3.63, 3.8) is 0 Å². The molecule has 0 saturated carbocycles. The number of carbonyl (C=O) groups excluding carboxylic acids is 2. The number of halogens is 1. The molecule has 2 atom stereocenters. The van der Waals surface area contributed by atoms with Gasteiger partial charge in [0.1, 0.15) is 5.75 Å². The molecule has 1 aromatic carbocycles. The van der Waals surface area contributed by atoms with E-state index in [1.54, 1.807) is 0 Å². The van der Waals surface area contributed by atoms with Gasteiger partial charge in [0.05, 0.1) is 30.2 Å². The fourth-order valence-corrected chi connectivity index (χ4v) is 4.20. The van der Waals surface area contributed by atoms with Gasteiger partial charge in [0.2, 0.25) is 11.8 Å². The molecule has 2 unspecified atom stereocenters. The molecule has 2 aliphatic rings. The number of amides is 2. The third-order valence-electron chi connectivity index (χ3n) is 5.63. The van der Waals surface area contributed by atoms with E-state index in [-0.39, 0.29) is 42.2 Å². The number of ether oxygens (including phenoxy) is 1. The lowest BCUT2D eigenvalue weighted by Gasteiger charge is -2.23. The van der Waals surface area contributed by atoms with Gasteiger partial charge in [0, 0.05) is 26.2 Å². The molecular weight excluding hydrogens is 430 g/mol. The van der Waals surface area contributed by atoms with Crippen LogP contribution in [0.5, 0.6) is 5.75 Å². The number of hydroxylamine groups is 2. The second kappa shape index (κ2) is 12.8. The van der Waals surface area contributed by atoms with Gasteiger partial charge in [-0.1, -0.05) is 24.3 Å². The van der Waals surface area contributed by atoms with Crippen LogP contribution in [0.4, 0.5) is 5.69 Å². The van der Waals surface area contributed by atoms with Crippen LogP contribution in [0.1, 0.15) is 40.0 Å². The van der Waals surface area contributed by atoms with Crippen molar-refractivity contribution < 1.29 is 19.2 Å². The minimum atomic E-state index is -0.155. The fraction of sp³-hybridized carbons (Fsp3) is 0.583. The average molecular weight is 466 g/mol. The number of rotatable bonds is 12. The molecule has 1 aromatic rings. The molecule has 1 N–H and O–H groups in total. The van der Waals surface area contributed by atoms with Crippen molar-refractivity contribution in [3.8, 4) is 5.75 Å². The molecule has 0 spiro atoms. The van der Waals surface area contributed by atoms with E-state index >= 15 is 0 Å². The Morgan fingerprint density at radius 1 is 1.09 bits per heavy atom. The van der Waals surface area contributed by atoms with Crippen LogP contribution < -0.4 is 10.1 Å².